The number of piperazine rings is 1. The highest BCUT2D eigenvalue weighted by atomic mass is 127. The lowest BCUT2D eigenvalue weighted by Crippen LogP contribution is -2.61. The van der Waals surface area contributed by atoms with Gasteiger partial charge in [0.25, 0.3) is 11.8 Å². The molecule has 0 aromatic heterocycles. The third kappa shape index (κ3) is 4.98. The number of nitrogens with zero attached hydrogens (tertiary/aromatic N) is 3. The zero-order chi connectivity index (χ0) is 24.6. The molecule has 1 N–H and O–H groups in total. The Kier molecular flexibility index (Phi) is 7.00. The molecule has 7 nitrogen and oxygen atoms in total. The first kappa shape index (κ1) is 24.7. The van der Waals surface area contributed by atoms with Gasteiger partial charge in [-0.25, -0.2) is 0 Å². The third-order valence-electron chi connectivity index (χ3n) is 6.25. The number of anilines is 1. The first-order valence-electron chi connectivity index (χ1n) is 11.5. The van der Waals surface area contributed by atoms with Gasteiger partial charge in [0, 0.05) is 29.6 Å². The molecule has 1 atom stereocenters. The Morgan fingerprint density at radius 3 is 2.38 bits per heavy atom. The Morgan fingerprint density at radius 2 is 1.74 bits per heavy atom. The molecule has 1 saturated heterocycles. The van der Waals surface area contributed by atoms with Crippen LogP contribution in [0.5, 0.6) is 0 Å². The maximum atomic E-state index is 13.7. The van der Waals surface area contributed by atoms with Crippen LogP contribution in [0.25, 0.3) is 11.1 Å². The van der Waals surface area contributed by atoms with E-state index in [9.17, 15) is 19.5 Å². The summed E-state index contributed by atoms with van der Waals surface area (Å²) in [4.78, 5) is 44.9. The van der Waals surface area contributed by atoms with Gasteiger partial charge in [-0.15, -0.1) is 0 Å². The Morgan fingerprint density at radius 1 is 1.06 bits per heavy atom. The minimum Gasteiger partial charge on any atom is -0.395 e. The molecule has 8 heteroatoms. The number of hydrogen-bond acceptors (Lipinski definition) is 4. The Labute approximate surface area is 213 Å². The van der Waals surface area contributed by atoms with Crippen molar-refractivity contribution in [1.29, 1.82) is 0 Å². The van der Waals surface area contributed by atoms with Crippen molar-refractivity contribution in [3.8, 4) is 11.1 Å². The summed E-state index contributed by atoms with van der Waals surface area (Å²) >= 11 is 2.25. The number of fused-ring (bicyclic) bond motifs is 2. The first-order valence-corrected chi connectivity index (χ1v) is 12.6. The van der Waals surface area contributed by atoms with Crippen LogP contribution in [0.4, 0.5) is 5.69 Å². The van der Waals surface area contributed by atoms with E-state index in [1.165, 1.54) is 4.90 Å². The maximum absolute atomic E-state index is 13.7. The topological polar surface area (TPSA) is 81.2 Å². The van der Waals surface area contributed by atoms with Crippen molar-refractivity contribution in [3.63, 3.8) is 0 Å². The molecule has 2 aliphatic heterocycles. The molecule has 0 saturated carbocycles. The lowest BCUT2D eigenvalue weighted by Gasteiger charge is -2.41. The highest BCUT2D eigenvalue weighted by Gasteiger charge is 2.43. The molecule has 0 aliphatic carbocycles. The molecule has 2 heterocycles. The van der Waals surface area contributed by atoms with Gasteiger partial charge in [0.1, 0.15) is 6.04 Å². The second-order valence-corrected chi connectivity index (χ2v) is 11.3. The zero-order valence-electron chi connectivity index (χ0n) is 19.8. The van der Waals surface area contributed by atoms with Gasteiger partial charge in [0.2, 0.25) is 5.91 Å². The SMILES string of the molecule is CC(C)(C)CC(=O)N1CCN2C(=O)c3cc(-c4ccc(I)cc4)ccc3N(CCO)C(=O)C2C1. The number of halogens is 1. The third-order valence-corrected chi connectivity index (χ3v) is 6.96. The van der Waals surface area contributed by atoms with Gasteiger partial charge in [-0.05, 0) is 63.4 Å². The average Bonchev–Trinajstić information content (AvgIpc) is 2.88. The molecular weight excluding hydrogens is 545 g/mol. The number of hydrogen-bond donors (Lipinski definition) is 1. The van der Waals surface area contributed by atoms with Crippen LogP contribution >= 0.6 is 22.6 Å². The normalized spacial score (nSPS) is 18.5. The molecule has 34 heavy (non-hydrogen) atoms. The van der Waals surface area contributed by atoms with E-state index in [1.807, 2.05) is 57.2 Å². The monoisotopic (exact) mass is 575 g/mol. The molecule has 2 aromatic carbocycles. The van der Waals surface area contributed by atoms with Crippen molar-refractivity contribution in [3.05, 3.63) is 51.6 Å². The molecule has 4 rings (SSSR count). The van der Waals surface area contributed by atoms with Gasteiger partial charge in [0.05, 0.1) is 24.4 Å². The molecule has 3 amide bonds. The molecule has 2 aliphatic rings. The van der Waals surface area contributed by atoms with Gasteiger partial charge in [-0.3, -0.25) is 14.4 Å². The zero-order valence-corrected chi connectivity index (χ0v) is 21.9. The van der Waals surface area contributed by atoms with Gasteiger partial charge >= 0.3 is 0 Å². The van der Waals surface area contributed by atoms with Crippen molar-refractivity contribution in [1.82, 2.24) is 9.80 Å². The number of aliphatic hydroxyl groups excluding tert-OH is 1. The predicted octanol–water partition coefficient (Wildman–Crippen LogP) is 3.39. The summed E-state index contributed by atoms with van der Waals surface area (Å²) in [5.41, 5.74) is 2.64. The Hall–Kier alpha value is -2.46. The number of rotatable bonds is 4. The van der Waals surface area contributed by atoms with Crippen LogP contribution in [-0.2, 0) is 9.59 Å². The number of β-amino-alcohol motifs (C(OH)–C–C–N with tert-alkyl or cyclic N) is 1. The van der Waals surface area contributed by atoms with Gasteiger partial charge < -0.3 is 19.8 Å². The fourth-order valence-corrected chi connectivity index (χ4v) is 4.94. The van der Waals surface area contributed by atoms with E-state index in [4.69, 9.17) is 0 Å². The van der Waals surface area contributed by atoms with Gasteiger partial charge in [-0.1, -0.05) is 39.0 Å². The van der Waals surface area contributed by atoms with Crippen molar-refractivity contribution in [2.24, 2.45) is 5.41 Å². The fourth-order valence-electron chi connectivity index (χ4n) is 4.58. The molecule has 180 valence electrons. The van der Waals surface area contributed by atoms with E-state index in [0.717, 1.165) is 14.7 Å². The molecule has 0 spiro atoms. The van der Waals surface area contributed by atoms with E-state index in [1.54, 1.807) is 15.9 Å². The Balaban J connectivity index is 1.70. The number of benzene rings is 2. The number of amides is 3. The van der Waals surface area contributed by atoms with Crippen molar-refractivity contribution < 1.29 is 19.5 Å². The largest absolute Gasteiger partial charge is 0.395 e. The van der Waals surface area contributed by atoms with Crippen LogP contribution in [0, 0.1) is 8.99 Å². The summed E-state index contributed by atoms with van der Waals surface area (Å²) in [6.45, 7) is 6.74. The lowest BCUT2D eigenvalue weighted by atomic mass is 9.91. The summed E-state index contributed by atoms with van der Waals surface area (Å²) in [6.07, 6.45) is 0.377. The smallest absolute Gasteiger partial charge is 0.256 e. The molecule has 0 bridgehead atoms. The lowest BCUT2D eigenvalue weighted by molar-refractivity contribution is -0.137. The summed E-state index contributed by atoms with van der Waals surface area (Å²) in [5.74, 6) is -0.496. The van der Waals surface area contributed by atoms with E-state index in [0.29, 0.717) is 30.8 Å². The summed E-state index contributed by atoms with van der Waals surface area (Å²) in [6, 6.07) is 12.8. The van der Waals surface area contributed by atoms with E-state index < -0.39 is 6.04 Å². The minimum absolute atomic E-state index is 0.0103. The highest BCUT2D eigenvalue weighted by Crippen LogP contribution is 2.34. The highest BCUT2D eigenvalue weighted by molar-refractivity contribution is 14.1. The summed E-state index contributed by atoms with van der Waals surface area (Å²) in [7, 11) is 0. The summed E-state index contributed by atoms with van der Waals surface area (Å²) in [5, 5.41) is 9.68. The van der Waals surface area contributed by atoms with Crippen LogP contribution < -0.4 is 4.90 Å². The van der Waals surface area contributed by atoms with E-state index >= 15 is 0 Å². The van der Waals surface area contributed by atoms with Crippen LogP contribution in [0.2, 0.25) is 0 Å². The summed E-state index contributed by atoms with van der Waals surface area (Å²) < 4.78 is 1.12. The molecule has 1 unspecified atom stereocenters. The number of carbonyl (C=O) groups is 3. The quantitative estimate of drug-likeness (QED) is 0.568. The van der Waals surface area contributed by atoms with Crippen molar-refractivity contribution in [2.45, 2.75) is 33.2 Å². The van der Waals surface area contributed by atoms with Crippen molar-refractivity contribution in [2.75, 3.05) is 37.7 Å². The number of carbonyl (C=O) groups excluding carboxylic acids is 3. The standard InChI is InChI=1S/C26H30IN3O4/c1-26(2,3)15-23(32)28-10-11-29-22(16-28)25(34)30(12-13-31)21-9-6-18(14-20(21)24(29)33)17-4-7-19(27)8-5-17/h4-9,14,22,31H,10-13,15-16H2,1-3H3. The van der Waals surface area contributed by atoms with Crippen LogP contribution in [0.1, 0.15) is 37.6 Å². The Bertz CT molecular complexity index is 1110. The number of aliphatic hydroxyl groups is 1. The second kappa shape index (κ2) is 9.65. The van der Waals surface area contributed by atoms with Gasteiger partial charge in [0.15, 0.2) is 0 Å². The average molecular weight is 575 g/mol. The first-order chi connectivity index (χ1) is 16.1. The predicted molar refractivity (Wildman–Crippen MR) is 140 cm³/mol. The molecular formula is C26H30IN3O4. The van der Waals surface area contributed by atoms with E-state index in [-0.39, 0.29) is 42.8 Å². The maximum Gasteiger partial charge on any atom is 0.256 e. The van der Waals surface area contributed by atoms with Crippen LogP contribution in [-0.4, -0.2) is 71.5 Å². The molecule has 2 aromatic rings. The van der Waals surface area contributed by atoms with E-state index in [2.05, 4.69) is 22.6 Å². The molecule has 1 fully saturated rings. The molecule has 0 radical (unpaired) electrons. The minimum atomic E-state index is -0.772. The van der Waals surface area contributed by atoms with Crippen LogP contribution in [0.3, 0.4) is 0 Å². The second-order valence-electron chi connectivity index (χ2n) is 10.0. The van der Waals surface area contributed by atoms with Crippen LogP contribution in [0.15, 0.2) is 42.5 Å². The van der Waals surface area contributed by atoms with Gasteiger partial charge in [-0.2, -0.15) is 0 Å². The fraction of sp³-hybridized carbons (Fsp3) is 0.423. The van der Waals surface area contributed by atoms with Crippen molar-refractivity contribution >= 4 is 46.0 Å².